The van der Waals surface area contributed by atoms with Crippen molar-refractivity contribution in [2.75, 3.05) is 19.0 Å². The van der Waals surface area contributed by atoms with E-state index in [1.54, 1.807) is 0 Å². The van der Waals surface area contributed by atoms with Crippen LogP contribution in [0.2, 0.25) is 0 Å². The van der Waals surface area contributed by atoms with Gasteiger partial charge in [0, 0.05) is 17.3 Å². The number of rotatable bonds is 8. The quantitative estimate of drug-likeness (QED) is 0.534. The molecule has 0 saturated carbocycles. The Morgan fingerprint density at radius 1 is 1.03 bits per heavy atom. The fourth-order valence-electron chi connectivity index (χ4n) is 2.24. The Morgan fingerprint density at radius 2 is 1.76 bits per heavy atom. The summed E-state index contributed by atoms with van der Waals surface area (Å²) in [6, 6.07) is 7.30. The van der Waals surface area contributed by atoms with Crippen molar-refractivity contribution < 1.29 is 37.4 Å². The molecule has 0 spiro atoms. The van der Waals surface area contributed by atoms with E-state index in [1.165, 1.54) is 45.2 Å². The summed E-state index contributed by atoms with van der Waals surface area (Å²) in [5, 5.41) is 2.31. The summed E-state index contributed by atoms with van der Waals surface area (Å²) in [5.41, 5.74) is 0.433. The smallest absolute Gasteiger partial charge is 0.344 e. The number of hydrogen-bond acceptors (Lipinski definition) is 6. The molecule has 1 N–H and O–H groups in total. The molecular weight excluding hydrogens is 388 g/mol. The van der Waals surface area contributed by atoms with Crippen molar-refractivity contribution in [3.8, 4) is 11.5 Å². The van der Waals surface area contributed by atoms with Gasteiger partial charge in [0.1, 0.15) is 0 Å². The van der Waals surface area contributed by atoms with Gasteiger partial charge in [0.25, 0.3) is 5.91 Å². The molecule has 2 rings (SSSR count). The summed E-state index contributed by atoms with van der Waals surface area (Å²) >= 11 is 0. The van der Waals surface area contributed by atoms with E-state index in [2.05, 4.69) is 5.32 Å². The van der Waals surface area contributed by atoms with Gasteiger partial charge in [0.05, 0.1) is 7.11 Å². The van der Waals surface area contributed by atoms with Gasteiger partial charge in [0.2, 0.25) is 0 Å². The van der Waals surface area contributed by atoms with Gasteiger partial charge < -0.3 is 19.5 Å². The number of anilines is 1. The highest BCUT2D eigenvalue weighted by molar-refractivity contribution is 5.95. The molecule has 1 amide bonds. The topological polar surface area (TPSA) is 90.9 Å². The monoisotopic (exact) mass is 407 g/mol. The second-order valence-corrected chi connectivity index (χ2v) is 5.96. The zero-order valence-electron chi connectivity index (χ0n) is 16.0. The third-order valence-electron chi connectivity index (χ3n) is 3.78. The molecule has 0 radical (unpaired) electrons. The van der Waals surface area contributed by atoms with Crippen LogP contribution in [-0.2, 0) is 14.3 Å². The Morgan fingerprint density at radius 3 is 2.38 bits per heavy atom. The van der Waals surface area contributed by atoms with Gasteiger partial charge in [-0.05, 0) is 44.2 Å². The lowest BCUT2D eigenvalue weighted by Gasteiger charge is -2.15. The Bertz CT molecular complexity index is 931. The number of carbonyl (C=O) groups is 3. The molecule has 2 aromatic rings. The molecule has 0 bridgehead atoms. The van der Waals surface area contributed by atoms with Crippen molar-refractivity contribution in [3.63, 3.8) is 0 Å². The standard InChI is InChI=1S/C20H19F2NO6/c1-11(24)13-4-7-17(18(8-13)27-3)28-10-19(25)29-12(2)20(26)23-14-5-6-15(21)16(22)9-14/h4-9,12H,10H2,1-3H3,(H,23,26)/t12-/m1/s1. The maximum atomic E-state index is 13.2. The van der Waals surface area contributed by atoms with Crippen molar-refractivity contribution in [1.82, 2.24) is 0 Å². The zero-order valence-corrected chi connectivity index (χ0v) is 16.0. The molecule has 0 aliphatic rings. The molecule has 0 unspecified atom stereocenters. The Hall–Kier alpha value is -3.49. The third-order valence-corrected chi connectivity index (χ3v) is 3.78. The lowest BCUT2D eigenvalue weighted by molar-refractivity contribution is -0.155. The maximum absolute atomic E-state index is 13.2. The molecule has 0 aliphatic carbocycles. The number of ketones is 1. The molecule has 1 atom stereocenters. The highest BCUT2D eigenvalue weighted by Gasteiger charge is 2.19. The highest BCUT2D eigenvalue weighted by atomic mass is 19.2. The molecule has 0 aromatic heterocycles. The van der Waals surface area contributed by atoms with E-state index >= 15 is 0 Å². The predicted molar refractivity (Wildman–Crippen MR) is 99.0 cm³/mol. The largest absolute Gasteiger partial charge is 0.493 e. The molecule has 0 fully saturated rings. The first-order valence-corrected chi connectivity index (χ1v) is 8.48. The van der Waals surface area contributed by atoms with Gasteiger partial charge in [-0.15, -0.1) is 0 Å². The highest BCUT2D eigenvalue weighted by Crippen LogP contribution is 2.28. The molecule has 154 valence electrons. The van der Waals surface area contributed by atoms with Crippen LogP contribution in [0.1, 0.15) is 24.2 Å². The first kappa shape index (κ1) is 21.8. The van der Waals surface area contributed by atoms with Crippen LogP contribution in [0.15, 0.2) is 36.4 Å². The number of amides is 1. The average molecular weight is 407 g/mol. The first-order chi connectivity index (χ1) is 13.7. The van der Waals surface area contributed by atoms with Crippen LogP contribution in [0, 0.1) is 11.6 Å². The summed E-state index contributed by atoms with van der Waals surface area (Å²) in [4.78, 5) is 35.3. The number of benzene rings is 2. The third kappa shape index (κ3) is 6.00. The lowest BCUT2D eigenvalue weighted by Crippen LogP contribution is -2.31. The lowest BCUT2D eigenvalue weighted by atomic mass is 10.1. The van der Waals surface area contributed by atoms with Gasteiger partial charge in [-0.3, -0.25) is 9.59 Å². The van der Waals surface area contributed by atoms with E-state index in [-0.39, 0.29) is 23.0 Å². The molecule has 0 aliphatic heterocycles. The van der Waals surface area contributed by atoms with Gasteiger partial charge >= 0.3 is 5.97 Å². The molecular formula is C20H19F2NO6. The summed E-state index contributed by atoms with van der Waals surface area (Å²) in [6.45, 7) is 2.20. The van der Waals surface area contributed by atoms with Crippen molar-refractivity contribution in [1.29, 1.82) is 0 Å². The van der Waals surface area contributed by atoms with Gasteiger partial charge in [-0.25, -0.2) is 13.6 Å². The first-order valence-electron chi connectivity index (χ1n) is 8.48. The van der Waals surface area contributed by atoms with Gasteiger partial charge in [-0.2, -0.15) is 0 Å². The average Bonchev–Trinajstić information content (AvgIpc) is 2.68. The minimum Gasteiger partial charge on any atom is -0.493 e. The fraction of sp³-hybridized carbons (Fsp3) is 0.250. The van der Waals surface area contributed by atoms with Crippen LogP contribution in [-0.4, -0.2) is 37.5 Å². The molecule has 7 nitrogen and oxygen atoms in total. The number of carbonyl (C=O) groups excluding carboxylic acids is 3. The number of hydrogen-bond donors (Lipinski definition) is 1. The molecule has 9 heteroatoms. The molecule has 29 heavy (non-hydrogen) atoms. The summed E-state index contributed by atoms with van der Waals surface area (Å²) < 4.78 is 41.5. The number of methoxy groups -OCH3 is 1. The van der Waals surface area contributed by atoms with E-state index in [0.29, 0.717) is 5.56 Å². The van der Waals surface area contributed by atoms with E-state index in [0.717, 1.165) is 12.1 Å². The Balaban J connectivity index is 1.90. The second kappa shape index (κ2) is 9.63. The molecule has 2 aromatic carbocycles. The van der Waals surface area contributed by atoms with Crippen LogP contribution in [0.4, 0.5) is 14.5 Å². The zero-order chi connectivity index (χ0) is 21.6. The minimum absolute atomic E-state index is 0.0170. The molecule has 0 saturated heterocycles. The van der Waals surface area contributed by atoms with E-state index < -0.39 is 36.2 Å². The van der Waals surface area contributed by atoms with Crippen LogP contribution in [0.5, 0.6) is 11.5 Å². The number of halogens is 2. The van der Waals surface area contributed by atoms with Crippen LogP contribution < -0.4 is 14.8 Å². The number of nitrogens with one attached hydrogen (secondary N) is 1. The number of ether oxygens (including phenoxy) is 3. The van der Waals surface area contributed by atoms with E-state index in [4.69, 9.17) is 14.2 Å². The Labute approximate surface area is 165 Å². The van der Waals surface area contributed by atoms with Gasteiger partial charge in [-0.1, -0.05) is 0 Å². The van der Waals surface area contributed by atoms with Crippen molar-refractivity contribution in [2.24, 2.45) is 0 Å². The normalized spacial score (nSPS) is 11.3. The number of esters is 1. The van der Waals surface area contributed by atoms with Crippen molar-refractivity contribution in [2.45, 2.75) is 20.0 Å². The summed E-state index contributed by atoms with van der Waals surface area (Å²) in [6.07, 6.45) is -1.21. The van der Waals surface area contributed by atoms with E-state index in [9.17, 15) is 23.2 Å². The maximum Gasteiger partial charge on any atom is 0.344 e. The van der Waals surface area contributed by atoms with Gasteiger partial charge in [0.15, 0.2) is 41.6 Å². The SMILES string of the molecule is COc1cc(C(C)=O)ccc1OCC(=O)O[C@H](C)C(=O)Nc1ccc(F)c(F)c1. The molecule has 0 heterocycles. The van der Waals surface area contributed by atoms with Crippen LogP contribution >= 0.6 is 0 Å². The minimum atomic E-state index is -1.21. The van der Waals surface area contributed by atoms with Crippen LogP contribution in [0.25, 0.3) is 0 Å². The van der Waals surface area contributed by atoms with Crippen molar-refractivity contribution >= 4 is 23.3 Å². The summed E-state index contributed by atoms with van der Waals surface area (Å²) in [5.74, 6) is -3.42. The Kier molecular flexibility index (Phi) is 7.24. The van der Waals surface area contributed by atoms with Crippen LogP contribution in [0.3, 0.4) is 0 Å². The van der Waals surface area contributed by atoms with Crippen molar-refractivity contribution in [3.05, 3.63) is 53.6 Å². The predicted octanol–water partition coefficient (Wildman–Crippen LogP) is 3.13. The summed E-state index contributed by atoms with van der Waals surface area (Å²) in [7, 11) is 1.38. The second-order valence-electron chi connectivity index (χ2n) is 5.96. The number of Topliss-reactive ketones (excluding diaryl/α,β-unsaturated/α-hetero) is 1. The fourth-order valence-corrected chi connectivity index (χ4v) is 2.24. The van der Waals surface area contributed by atoms with E-state index in [1.807, 2.05) is 0 Å².